The van der Waals surface area contributed by atoms with Gasteiger partial charge in [0, 0.05) is 5.56 Å². The summed E-state index contributed by atoms with van der Waals surface area (Å²) in [6, 6.07) is 25.4. The molecule has 0 radical (unpaired) electrons. The summed E-state index contributed by atoms with van der Waals surface area (Å²) in [6.45, 7) is 0. The standard InChI is InChI=1S/C26H18O6/c27-20-10-6-18(7-11-20)25(29)31-22-14-15-24(23(16-22)17-4-2-1-3-5-17)32-26(30)19-8-12-21(28)13-9-19/h1-16,27-28H. The predicted octanol–water partition coefficient (Wildman–Crippen LogP) is 5.20. The van der Waals surface area contributed by atoms with Crippen LogP contribution in [-0.4, -0.2) is 22.2 Å². The van der Waals surface area contributed by atoms with Gasteiger partial charge in [-0.2, -0.15) is 0 Å². The van der Waals surface area contributed by atoms with E-state index in [0.29, 0.717) is 11.3 Å². The third-order valence-corrected chi connectivity index (χ3v) is 4.66. The zero-order chi connectivity index (χ0) is 22.5. The molecule has 6 nitrogen and oxygen atoms in total. The topological polar surface area (TPSA) is 93.1 Å². The van der Waals surface area contributed by atoms with Gasteiger partial charge in [-0.25, -0.2) is 9.59 Å². The number of rotatable bonds is 5. The van der Waals surface area contributed by atoms with Crippen molar-refractivity contribution < 1.29 is 29.3 Å². The highest BCUT2D eigenvalue weighted by Gasteiger charge is 2.16. The number of phenolic OH excluding ortho intramolecular Hbond substituents is 2. The minimum atomic E-state index is -0.587. The van der Waals surface area contributed by atoms with Crippen molar-refractivity contribution in [1.29, 1.82) is 0 Å². The van der Waals surface area contributed by atoms with E-state index >= 15 is 0 Å². The number of phenols is 2. The molecule has 2 N–H and O–H groups in total. The normalized spacial score (nSPS) is 10.4. The Morgan fingerprint density at radius 2 is 1.12 bits per heavy atom. The summed E-state index contributed by atoms with van der Waals surface area (Å²) >= 11 is 0. The zero-order valence-corrected chi connectivity index (χ0v) is 16.8. The third kappa shape index (κ3) is 4.76. The Hall–Kier alpha value is -4.58. The summed E-state index contributed by atoms with van der Waals surface area (Å²) in [7, 11) is 0. The second-order valence-corrected chi connectivity index (χ2v) is 6.90. The molecule has 0 heterocycles. The molecular weight excluding hydrogens is 408 g/mol. The van der Waals surface area contributed by atoms with Crippen LogP contribution in [0, 0.1) is 0 Å². The van der Waals surface area contributed by atoms with Gasteiger partial charge in [-0.3, -0.25) is 0 Å². The van der Waals surface area contributed by atoms with Gasteiger partial charge in [-0.05, 0) is 72.3 Å². The third-order valence-electron chi connectivity index (χ3n) is 4.66. The number of hydrogen-bond donors (Lipinski definition) is 2. The Kier molecular flexibility index (Phi) is 5.85. The lowest BCUT2D eigenvalue weighted by Gasteiger charge is -2.13. The van der Waals surface area contributed by atoms with Crippen molar-refractivity contribution >= 4 is 11.9 Å². The predicted molar refractivity (Wildman–Crippen MR) is 118 cm³/mol. The van der Waals surface area contributed by atoms with Crippen LogP contribution in [0.15, 0.2) is 97.1 Å². The lowest BCUT2D eigenvalue weighted by molar-refractivity contribution is 0.0720. The largest absolute Gasteiger partial charge is 0.508 e. The van der Waals surface area contributed by atoms with Crippen LogP contribution < -0.4 is 9.47 Å². The smallest absolute Gasteiger partial charge is 0.343 e. The molecule has 0 aromatic heterocycles. The van der Waals surface area contributed by atoms with E-state index in [2.05, 4.69) is 0 Å². The summed E-state index contributed by atoms with van der Waals surface area (Å²) in [6.07, 6.45) is 0. The highest BCUT2D eigenvalue weighted by atomic mass is 16.5. The van der Waals surface area contributed by atoms with E-state index < -0.39 is 11.9 Å². The molecule has 0 atom stereocenters. The van der Waals surface area contributed by atoms with Crippen LogP contribution in [0.25, 0.3) is 11.1 Å². The van der Waals surface area contributed by atoms with Gasteiger partial charge in [0.1, 0.15) is 23.0 Å². The van der Waals surface area contributed by atoms with Gasteiger partial charge in [-0.15, -0.1) is 0 Å². The van der Waals surface area contributed by atoms with Gasteiger partial charge in [-0.1, -0.05) is 30.3 Å². The van der Waals surface area contributed by atoms with Gasteiger partial charge < -0.3 is 19.7 Å². The number of aromatic hydroxyl groups is 2. The number of carbonyl (C=O) groups is 2. The molecule has 0 spiro atoms. The molecule has 32 heavy (non-hydrogen) atoms. The van der Waals surface area contributed by atoms with Crippen molar-refractivity contribution in [3.8, 4) is 34.1 Å². The average Bonchev–Trinajstić information content (AvgIpc) is 2.81. The minimum absolute atomic E-state index is 0.0475. The molecule has 0 amide bonds. The number of hydrogen-bond acceptors (Lipinski definition) is 6. The Bertz CT molecular complexity index is 1250. The van der Waals surface area contributed by atoms with E-state index in [4.69, 9.17) is 9.47 Å². The highest BCUT2D eigenvalue weighted by molar-refractivity contribution is 5.93. The maximum Gasteiger partial charge on any atom is 0.343 e. The van der Waals surface area contributed by atoms with Crippen molar-refractivity contribution in [2.24, 2.45) is 0 Å². The van der Waals surface area contributed by atoms with Gasteiger partial charge >= 0.3 is 11.9 Å². The second-order valence-electron chi connectivity index (χ2n) is 6.90. The molecule has 4 aromatic rings. The summed E-state index contributed by atoms with van der Waals surface area (Å²) in [5.74, 6) is -0.516. The number of carbonyl (C=O) groups excluding carboxylic acids is 2. The number of ether oxygens (including phenoxy) is 2. The fourth-order valence-corrected chi connectivity index (χ4v) is 3.02. The molecule has 0 unspecified atom stereocenters. The van der Waals surface area contributed by atoms with Crippen molar-refractivity contribution in [3.63, 3.8) is 0 Å². The molecule has 0 fully saturated rings. The van der Waals surface area contributed by atoms with Crippen LogP contribution in [0.2, 0.25) is 0 Å². The van der Waals surface area contributed by atoms with Gasteiger partial charge in [0.25, 0.3) is 0 Å². The first-order chi connectivity index (χ1) is 15.5. The first kappa shape index (κ1) is 20.7. The molecule has 0 saturated heterocycles. The summed E-state index contributed by atoms with van der Waals surface area (Å²) < 4.78 is 11.1. The van der Waals surface area contributed by atoms with E-state index in [-0.39, 0.29) is 28.4 Å². The van der Waals surface area contributed by atoms with Crippen molar-refractivity contribution in [3.05, 3.63) is 108 Å². The molecule has 4 aromatic carbocycles. The lowest BCUT2D eigenvalue weighted by atomic mass is 10.0. The van der Waals surface area contributed by atoms with E-state index in [1.165, 1.54) is 54.6 Å². The first-order valence-electron chi connectivity index (χ1n) is 9.71. The van der Waals surface area contributed by atoms with Crippen LogP contribution in [0.3, 0.4) is 0 Å². The first-order valence-corrected chi connectivity index (χ1v) is 9.71. The Balaban J connectivity index is 1.63. The second kappa shape index (κ2) is 9.06. The molecule has 0 aliphatic rings. The lowest BCUT2D eigenvalue weighted by Crippen LogP contribution is -2.10. The average molecular weight is 426 g/mol. The molecule has 158 valence electrons. The Morgan fingerprint density at radius 1 is 0.594 bits per heavy atom. The van der Waals surface area contributed by atoms with Crippen molar-refractivity contribution in [2.45, 2.75) is 0 Å². The monoisotopic (exact) mass is 426 g/mol. The fourth-order valence-electron chi connectivity index (χ4n) is 3.02. The van der Waals surface area contributed by atoms with Crippen LogP contribution in [0.1, 0.15) is 20.7 Å². The zero-order valence-electron chi connectivity index (χ0n) is 16.8. The molecule has 0 aliphatic heterocycles. The molecule has 0 saturated carbocycles. The molecule has 6 heteroatoms. The summed E-state index contributed by atoms with van der Waals surface area (Å²) in [4.78, 5) is 25.0. The number of benzene rings is 4. The van der Waals surface area contributed by atoms with Crippen molar-refractivity contribution in [1.82, 2.24) is 0 Å². The Labute approximate surface area is 183 Å². The maximum absolute atomic E-state index is 12.6. The molecule has 4 rings (SSSR count). The van der Waals surface area contributed by atoms with Gasteiger partial charge in [0.05, 0.1) is 11.1 Å². The highest BCUT2D eigenvalue weighted by Crippen LogP contribution is 2.34. The maximum atomic E-state index is 12.6. The minimum Gasteiger partial charge on any atom is -0.508 e. The van der Waals surface area contributed by atoms with Gasteiger partial charge in [0.15, 0.2) is 0 Å². The molecule has 0 bridgehead atoms. The van der Waals surface area contributed by atoms with E-state index in [0.717, 1.165) is 5.56 Å². The number of esters is 2. The summed E-state index contributed by atoms with van der Waals surface area (Å²) in [5, 5.41) is 18.8. The van der Waals surface area contributed by atoms with Crippen LogP contribution in [-0.2, 0) is 0 Å². The molecule has 0 aliphatic carbocycles. The van der Waals surface area contributed by atoms with E-state index in [1.807, 2.05) is 30.3 Å². The Morgan fingerprint density at radius 3 is 1.69 bits per heavy atom. The van der Waals surface area contributed by atoms with E-state index in [1.54, 1.807) is 12.1 Å². The van der Waals surface area contributed by atoms with Gasteiger partial charge in [0.2, 0.25) is 0 Å². The quantitative estimate of drug-likeness (QED) is 0.336. The summed E-state index contributed by atoms with van der Waals surface area (Å²) in [5.41, 5.74) is 1.90. The molecular formula is C26H18O6. The van der Waals surface area contributed by atoms with Crippen LogP contribution in [0.4, 0.5) is 0 Å². The van der Waals surface area contributed by atoms with Crippen molar-refractivity contribution in [2.75, 3.05) is 0 Å². The SMILES string of the molecule is O=C(Oc1ccc(OC(=O)c2ccc(O)cc2)c(-c2ccccc2)c1)c1ccc(O)cc1. The van der Waals surface area contributed by atoms with Crippen LogP contribution >= 0.6 is 0 Å². The van der Waals surface area contributed by atoms with Crippen LogP contribution in [0.5, 0.6) is 23.0 Å². The fraction of sp³-hybridized carbons (Fsp3) is 0. The van der Waals surface area contributed by atoms with E-state index in [9.17, 15) is 19.8 Å².